The molecule has 0 aliphatic rings. The Labute approximate surface area is 180 Å². The van der Waals surface area contributed by atoms with Gasteiger partial charge in [-0.3, -0.25) is 9.59 Å². The normalized spacial score (nSPS) is 11.2. The predicted molar refractivity (Wildman–Crippen MR) is 120 cm³/mol. The monoisotopic (exact) mass is 423 g/mol. The van der Waals surface area contributed by atoms with E-state index < -0.39 is 0 Å². The van der Waals surface area contributed by atoms with Crippen molar-refractivity contribution in [3.63, 3.8) is 0 Å². The van der Waals surface area contributed by atoms with Crippen LogP contribution in [0.2, 0.25) is 0 Å². The Morgan fingerprint density at radius 1 is 0.967 bits per heavy atom. The molecule has 0 unspecified atom stereocenters. The Morgan fingerprint density at radius 3 is 2.13 bits per heavy atom. The Bertz CT molecular complexity index is 1020. The fourth-order valence-corrected chi connectivity index (χ4v) is 3.38. The van der Waals surface area contributed by atoms with E-state index in [9.17, 15) is 9.59 Å². The van der Waals surface area contributed by atoms with Crippen molar-refractivity contribution in [2.24, 2.45) is 7.05 Å². The van der Waals surface area contributed by atoms with E-state index in [-0.39, 0.29) is 23.0 Å². The first-order valence-corrected chi connectivity index (χ1v) is 10.5. The zero-order chi connectivity index (χ0) is 21.7. The number of rotatable bonds is 6. The molecule has 0 aliphatic carbocycles. The maximum atomic E-state index is 12.5. The van der Waals surface area contributed by atoms with Crippen molar-refractivity contribution in [3.8, 4) is 0 Å². The van der Waals surface area contributed by atoms with Gasteiger partial charge in [-0.2, -0.15) is 0 Å². The SMILES string of the molecule is Cn1cnnc1SCC(=O)Nc1ccc(C(=O)Nc2ccc(C(C)(C)C)cc2)cc1. The molecule has 0 saturated heterocycles. The number of anilines is 2. The smallest absolute Gasteiger partial charge is 0.255 e. The largest absolute Gasteiger partial charge is 0.325 e. The Kier molecular flexibility index (Phi) is 6.56. The third kappa shape index (κ3) is 5.70. The number of aryl methyl sites for hydroxylation is 1. The van der Waals surface area contributed by atoms with Crippen LogP contribution in [0.15, 0.2) is 60.0 Å². The van der Waals surface area contributed by atoms with Crippen LogP contribution in [-0.4, -0.2) is 32.3 Å². The average molecular weight is 424 g/mol. The maximum absolute atomic E-state index is 12.5. The lowest BCUT2D eigenvalue weighted by Crippen LogP contribution is -2.15. The lowest BCUT2D eigenvalue weighted by atomic mass is 9.87. The number of aromatic nitrogens is 3. The molecule has 30 heavy (non-hydrogen) atoms. The molecule has 0 aliphatic heterocycles. The second-order valence-corrected chi connectivity index (χ2v) is 8.86. The van der Waals surface area contributed by atoms with E-state index in [1.807, 2.05) is 31.3 Å². The van der Waals surface area contributed by atoms with Crippen molar-refractivity contribution in [2.75, 3.05) is 16.4 Å². The van der Waals surface area contributed by atoms with Gasteiger partial charge in [-0.1, -0.05) is 44.7 Å². The lowest BCUT2D eigenvalue weighted by molar-refractivity contribution is -0.113. The fourth-order valence-electron chi connectivity index (χ4n) is 2.69. The van der Waals surface area contributed by atoms with E-state index in [4.69, 9.17) is 0 Å². The summed E-state index contributed by atoms with van der Waals surface area (Å²) in [4.78, 5) is 24.6. The molecule has 156 valence electrons. The first-order chi connectivity index (χ1) is 14.2. The van der Waals surface area contributed by atoms with Crippen LogP contribution < -0.4 is 10.6 Å². The van der Waals surface area contributed by atoms with Crippen LogP contribution in [0.5, 0.6) is 0 Å². The van der Waals surface area contributed by atoms with Gasteiger partial charge in [0.2, 0.25) is 5.91 Å². The molecule has 0 spiro atoms. The number of benzene rings is 2. The Morgan fingerprint density at radius 2 is 1.57 bits per heavy atom. The number of carbonyl (C=O) groups is 2. The molecule has 0 saturated carbocycles. The quantitative estimate of drug-likeness (QED) is 0.583. The Balaban J connectivity index is 1.53. The van der Waals surface area contributed by atoms with Crippen LogP contribution in [0.3, 0.4) is 0 Å². The minimum Gasteiger partial charge on any atom is -0.325 e. The molecular weight excluding hydrogens is 398 g/mol. The zero-order valence-corrected chi connectivity index (χ0v) is 18.3. The summed E-state index contributed by atoms with van der Waals surface area (Å²) in [5.41, 5.74) is 3.16. The summed E-state index contributed by atoms with van der Waals surface area (Å²) in [6.07, 6.45) is 1.59. The molecule has 8 heteroatoms. The van der Waals surface area contributed by atoms with Gasteiger partial charge in [0.05, 0.1) is 5.75 Å². The molecule has 0 radical (unpaired) electrons. The number of nitrogens with one attached hydrogen (secondary N) is 2. The highest BCUT2D eigenvalue weighted by molar-refractivity contribution is 7.99. The fraction of sp³-hybridized carbons (Fsp3) is 0.273. The topological polar surface area (TPSA) is 88.9 Å². The van der Waals surface area contributed by atoms with Gasteiger partial charge in [-0.05, 0) is 47.4 Å². The minimum absolute atomic E-state index is 0.0650. The van der Waals surface area contributed by atoms with E-state index in [1.54, 1.807) is 35.2 Å². The van der Waals surface area contributed by atoms with Gasteiger partial charge in [-0.25, -0.2) is 0 Å². The number of amides is 2. The van der Waals surface area contributed by atoms with Crippen molar-refractivity contribution < 1.29 is 9.59 Å². The van der Waals surface area contributed by atoms with Crippen molar-refractivity contribution >= 4 is 35.0 Å². The van der Waals surface area contributed by atoms with Crippen molar-refractivity contribution in [1.82, 2.24) is 14.8 Å². The molecule has 2 N–H and O–H groups in total. The van der Waals surface area contributed by atoms with Crippen LogP contribution in [0.25, 0.3) is 0 Å². The highest BCUT2D eigenvalue weighted by atomic mass is 32.2. The van der Waals surface area contributed by atoms with Crippen LogP contribution in [0.4, 0.5) is 11.4 Å². The van der Waals surface area contributed by atoms with E-state index in [1.165, 1.54) is 17.3 Å². The van der Waals surface area contributed by atoms with Gasteiger partial charge in [0, 0.05) is 24.0 Å². The summed E-state index contributed by atoms with van der Waals surface area (Å²) in [5.74, 6) is -0.132. The van der Waals surface area contributed by atoms with Gasteiger partial charge in [0.15, 0.2) is 5.16 Å². The molecule has 2 aromatic carbocycles. The summed E-state index contributed by atoms with van der Waals surface area (Å²) in [7, 11) is 1.82. The number of hydrogen-bond acceptors (Lipinski definition) is 5. The number of carbonyl (C=O) groups excluding carboxylic acids is 2. The highest BCUT2D eigenvalue weighted by Gasteiger charge is 2.14. The van der Waals surface area contributed by atoms with Gasteiger partial charge in [0.1, 0.15) is 6.33 Å². The molecule has 3 rings (SSSR count). The summed E-state index contributed by atoms with van der Waals surface area (Å²) >= 11 is 1.31. The third-order valence-corrected chi connectivity index (χ3v) is 5.48. The molecule has 0 bridgehead atoms. The number of hydrogen-bond donors (Lipinski definition) is 2. The average Bonchev–Trinajstić information content (AvgIpc) is 3.11. The van der Waals surface area contributed by atoms with Gasteiger partial charge in [0.25, 0.3) is 5.91 Å². The highest BCUT2D eigenvalue weighted by Crippen LogP contribution is 2.23. The molecule has 2 amide bonds. The van der Waals surface area contributed by atoms with Crippen molar-refractivity contribution in [1.29, 1.82) is 0 Å². The van der Waals surface area contributed by atoms with Crippen LogP contribution in [-0.2, 0) is 17.3 Å². The van der Waals surface area contributed by atoms with Crippen molar-refractivity contribution in [2.45, 2.75) is 31.3 Å². The van der Waals surface area contributed by atoms with Crippen molar-refractivity contribution in [3.05, 3.63) is 66.0 Å². The molecule has 1 heterocycles. The van der Waals surface area contributed by atoms with Gasteiger partial charge >= 0.3 is 0 Å². The van der Waals surface area contributed by atoms with Crippen LogP contribution in [0, 0.1) is 0 Å². The Hall–Kier alpha value is -3.13. The second kappa shape index (κ2) is 9.13. The lowest BCUT2D eigenvalue weighted by Gasteiger charge is -2.19. The number of nitrogens with zero attached hydrogens (tertiary/aromatic N) is 3. The zero-order valence-electron chi connectivity index (χ0n) is 17.5. The molecular formula is C22H25N5O2S. The van der Waals surface area contributed by atoms with Crippen LogP contribution in [0.1, 0.15) is 36.7 Å². The summed E-state index contributed by atoms with van der Waals surface area (Å²) < 4.78 is 1.75. The van der Waals surface area contributed by atoms with E-state index >= 15 is 0 Å². The van der Waals surface area contributed by atoms with Crippen LogP contribution >= 0.6 is 11.8 Å². The summed E-state index contributed by atoms with van der Waals surface area (Å²) in [5, 5.41) is 14.1. The second-order valence-electron chi connectivity index (χ2n) is 7.92. The van der Waals surface area contributed by atoms with E-state index in [2.05, 4.69) is 41.6 Å². The standard InChI is InChI=1S/C22H25N5O2S/c1-22(2,3)16-7-11-18(12-8-16)25-20(29)15-5-9-17(10-6-15)24-19(28)13-30-21-26-23-14-27(21)4/h5-12,14H,13H2,1-4H3,(H,24,28)(H,25,29). The number of thioether (sulfide) groups is 1. The third-order valence-electron chi connectivity index (χ3n) is 4.44. The molecule has 0 fully saturated rings. The predicted octanol–water partition coefficient (Wildman–Crippen LogP) is 4.10. The summed E-state index contributed by atoms with van der Waals surface area (Å²) in [6, 6.07) is 14.6. The molecule has 0 atom stereocenters. The first-order valence-electron chi connectivity index (χ1n) is 9.51. The van der Waals surface area contributed by atoms with Gasteiger partial charge in [-0.15, -0.1) is 10.2 Å². The van der Waals surface area contributed by atoms with E-state index in [0.717, 1.165) is 5.69 Å². The summed E-state index contributed by atoms with van der Waals surface area (Å²) in [6.45, 7) is 6.44. The minimum atomic E-state index is -0.200. The van der Waals surface area contributed by atoms with Gasteiger partial charge < -0.3 is 15.2 Å². The van der Waals surface area contributed by atoms with E-state index in [0.29, 0.717) is 16.4 Å². The maximum Gasteiger partial charge on any atom is 0.255 e. The molecule has 3 aromatic rings. The first kappa shape index (κ1) is 21.6. The molecule has 7 nitrogen and oxygen atoms in total. The molecule has 1 aromatic heterocycles.